The second-order valence-corrected chi connectivity index (χ2v) is 6.82. The van der Waals surface area contributed by atoms with Crippen LogP contribution in [0.25, 0.3) is 16.9 Å². The Morgan fingerprint density at radius 1 is 1.29 bits per heavy atom. The molecule has 0 bridgehead atoms. The number of fused-ring (bicyclic) bond motifs is 1. The van der Waals surface area contributed by atoms with Crippen LogP contribution in [0, 0.1) is 0 Å². The molecular weight excluding hydrogens is 316 g/mol. The fraction of sp³-hybridized carbons (Fsp3) is 0.273. The third-order valence-corrected chi connectivity index (χ3v) is 4.10. The Morgan fingerprint density at radius 3 is 2.81 bits per heavy atom. The van der Waals surface area contributed by atoms with E-state index in [2.05, 4.69) is 20.3 Å². The Labute approximate surface area is 124 Å². The summed E-state index contributed by atoms with van der Waals surface area (Å²) in [6, 6.07) is 0. The van der Waals surface area contributed by atoms with E-state index in [0.29, 0.717) is 29.9 Å². The van der Waals surface area contributed by atoms with Gasteiger partial charge in [-0.25, -0.2) is 12.9 Å². The molecule has 0 unspecified atom stereocenters. The SMILES string of the molecule is CCCn1c(-c2cnn3ccncc23)nnc1S(=O)(=O)Cl. The summed E-state index contributed by atoms with van der Waals surface area (Å²) in [5.41, 5.74) is 1.36. The first-order valence-corrected chi connectivity index (χ1v) is 8.49. The van der Waals surface area contributed by atoms with Crippen LogP contribution in [0.5, 0.6) is 0 Å². The van der Waals surface area contributed by atoms with Gasteiger partial charge in [-0.05, 0) is 6.42 Å². The lowest BCUT2D eigenvalue weighted by molar-refractivity contribution is 0.570. The monoisotopic (exact) mass is 326 g/mol. The lowest BCUT2D eigenvalue weighted by Gasteiger charge is -2.06. The molecule has 3 heterocycles. The van der Waals surface area contributed by atoms with Gasteiger partial charge >= 0.3 is 0 Å². The minimum Gasteiger partial charge on any atom is -0.297 e. The van der Waals surface area contributed by atoms with Gasteiger partial charge in [-0.1, -0.05) is 6.92 Å². The Hall–Kier alpha value is -2.00. The molecule has 0 atom stereocenters. The minimum atomic E-state index is -3.96. The molecule has 10 heteroatoms. The predicted molar refractivity (Wildman–Crippen MR) is 75.3 cm³/mol. The van der Waals surface area contributed by atoms with Gasteiger partial charge in [0.2, 0.25) is 0 Å². The molecule has 0 amide bonds. The average Bonchev–Trinajstić information content (AvgIpc) is 3.02. The predicted octanol–water partition coefficient (Wildman–Crippen LogP) is 1.33. The van der Waals surface area contributed by atoms with E-state index in [0.717, 1.165) is 0 Å². The first-order chi connectivity index (χ1) is 10.0. The van der Waals surface area contributed by atoms with E-state index in [1.54, 1.807) is 29.3 Å². The third kappa shape index (κ3) is 2.38. The number of nitrogens with zero attached hydrogens (tertiary/aromatic N) is 6. The molecule has 0 radical (unpaired) electrons. The van der Waals surface area contributed by atoms with Gasteiger partial charge in [0.15, 0.2) is 5.82 Å². The zero-order chi connectivity index (χ0) is 15.0. The van der Waals surface area contributed by atoms with Crippen LogP contribution in [0.4, 0.5) is 0 Å². The van der Waals surface area contributed by atoms with Crippen LogP contribution in [-0.2, 0) is 15.6 Å². The van der Waals surface area contributed by atoms with Crippen molar-refractivity contribution in [2.45, 2.75) is 25.0 Å². The summed E-state index contributed by atoms with van der Waals surface area (Å²) in [6.07, 6.45) is 7.23. The summed E-state index contributed by atoms with van der Waals surface area (Å²) in [5.74, 6) is 0.402. The molecule has 3 rings (SSSR count). The van der Waals surface area contributed by atoms with Crippen molar-refractivity contribution in [1.29, 1.82) is 0 Å². The lowest BCUT2D eigenvalue weighted by atomic mass is 10.2. The van der Waals surface area contributed by atoms with E-state index in [4.69, 9.17) is 10.7 Å². The molecular formula is C11H11ClN6O2S. The topological polar surface area (TPSA) is 95.0 Å². The first-order valence-electron chi connectivity index (χ1n) is 6.18. The minimum absolute atomic E-state index is 0.260. The zero-order valence-electron chi connectivity index (χ0n) is 11.0. The van der Waals surface area contributed by atoms with E-state index in [1.807, 2.05) is 6.92 Å². The maximum absolute atomic E-state index is 11.6. The first kappa shape index (κ1) is 14.0. The number of aromatic nitrogens is 6. The fourth-order valence-electron chi connectivity index (χ4n) is 2.10. The van der Waals surface area contributed by atoms with Gasteiger partial charge in [-0.2, -0.15) is 5.10 Å². The van der Waals surface area contributed by atoms with Crippen LogP contribution in [0.2, 0.25) is 0 Å². The van der Waals surface area contributed by atoms with E-state index in [-0.39, 0.29) is 5.16 Å². The summed E-state index contributed by atoms with van der Waals surface area (Å²) in [6.45, 7) is 2.35. The van der Waals surface area contributed by atoms with E-state index in [1.165, 1.54) is 4.57 Å². The summed E-state index contributed by atoms with van der Waals surface area (Å²) in [5, 5.41) is 11.6. The van der Waals surface area contributed by atoms with Gasteiger partial charge in [-0.3, -0.25) is 9.55 Å². The third-order valence-electron chi connectivity index (χ3n) is 2.95. The Morgan fingerprint density at radius 2 is 2.10 bits per heavy atom. The van der Waals surface area contributed by atoms with Crippen LogP contribution in [0.15, 0.2) is 29.9 Å². The van der Waals surface area contributed by atoms with Crippen molar-refractivity contribution in [2.75, 3.05) is 0 Å². The van der Waals surface area contributed by atoms with Crippen molar-refractivity contribution in [3.05, 3.63) is 24.8 Å². The molecule has 8 nitrogen and oxygen atoms in total. The van der Waals surface area contributed by atoms with E-state index >= 15 is 0 Å². The Bertz CT molecular complexity index is 900. The van der Waals surface area contributed by atoms with Crippen molar-refractivity contribution in [2.24, 2.45) is 0 Å². The summed E-state index contributed by atoms with van der Waals surface area (Å²) < 4.78 is 26.3. The van der Waals surface area contributed by atoms with Crippen molar-refractivity contribution in [3.63, 3.8) is 0 Å². The maximum Gasteiger partial charge on any atom is 0.296 e. The molecule has 0 saturated carbocycles. The number of rotatable bonds is 4. The molecule has 0 aliphatic heterocycles. The molecule has 0 aliphatic carbocycles. The summed E-state index contributed by atoms with van der Waals surface area (Å²) in [7, 11) is 1.45. The molecule has 0 N–H and O–H groups in total. The molecule has 3 aromatic rings. The van der Waals surface area contributed by atoms with Gasteiger partial charge in [0.25, 0.3) is 14.2 Å². The molecule has 21 heavy (non-hydrogen) atoms. The molecule has 0 fully saturated rings. The highest BCUT2D eigenvalue weighted by Crippen LogP contribution is 2.25. The van der Waals surface area contributed by atoms with Crippen molar-refractivity contribution in [1.82, 2.24) is 29.4 Å². The molecule has 0 spiro atoms. The highest BCUT2D eigenvalue weighted by atomic mass is 35.7. The second-order valence-electron chi connectivity index (χ2n) is 4.36. The summed E-state index contributed by atoms with van der Waals surface area (Å²) >= 11 is 0. The Kier molecular flexibility index (Phi) is 3.38. The highest BCUT2D eigenvalue weighted by molar-refractivity contribution is 8.13. The standard InChI is InChI=1S/C11H11ClN6O2S/c1-2-4-17-10(15-16-11(17)21(12,19)20)8-6-14-18-5-3-13-7-9(8)18/h3,5-7H,2,4H2,1H3. The number of hydrogen-bond donors (Lipinski definition) is 0. The van der Waals surface area contributed by atoms with Crippen LogP contribution >= 0.6 is 10.7 Å². The van der Waals surface area contributed by atoms with Crippen LogP contribution in [-0.4, -0.2) is 37.8 Å². The van der Waals surface area contributed by atoms with Crippen LogP contribution < -0.4 is 0 Å². The molecule has 110 valence electrons. The zero-order valence-corrected chi connectivity index (χ0v) is 12.6. The highest BCUT2D eigenvalue weighted by Gasteiger charge is 2.24. The van der Waals surface area contributed by atoms with Crippen molar-refractivity contribution >= 4 is 25.2 Å². The van der Waals surface area contributed by atoms with Gasteiger partial charge in [0.05, 0.1) is 23.5 Å². The number of halogens is 1. The van der Waals surface area contributed by atoms with Gasteiger partial charge in [0, 0.05) is 29.6 Å². The smallest absolute Gasteiger partial charge is 0.296 e. The largest absolute Gasteiger partial charge is 0.297 e. The number of hydrogen-bond acceptors (Lipinski definition) is 6. The van der Waals surface area contributed by atoms with Gasteiger partial charge in [0.1, 0.15) is 0 Å². The second kappa shape index (κ2) is 5.08. The lowest BCUT2D eigenvalue weighted by Crippen LogP contribution is -2.07. The van der Waals surface area contributed by atoms with E-state index in [9.17, 15) is 8.42 Å². The average molecular weight is 327 g/mol. The van der Waals surface area contributed by atoms with Gasteiger partial charge in [-0.15, -0.1) is 10.2 Å². The molecule has 0 saturated heterocycles. The molecule has 0 aliphatic rings. The van der Waals surface area contributed by atoms with E-state index < -0.39 is 9.05 Å². The van der Waals surface area contributed by atoms with Crippen LogP contribution in [0.3, 0.4) is 0 Å². The summed E-state index contributed by atoms with van der Waals surface area (Å²) in [4.78, 5) is 4.04. The normalized spacial score (nSPS) is 12.1. The van der Waals surface area contributed by atoms with Crippen molar-refractivity contribution in [3.8, 4) is 11.4 Å². The molecule has 0 aromatic carbocycles. The fourth-order valence-corrected chi connectivity index (χ4v) is 3.02. The van der Waals surface area contributed by atoms with Crippen molar-refractivity contribution < 1.29 is 8.42 Å². The Balaban J connectivity index is 2.25. The maximum atomic E-state index is 11.6. The quantitative estimate of drug-likeness (QED) is 0.671. The van der Waals surface area contributed by atoms with Gasteiger partial charge < -0.3 is 0 Å². The molecule has 3 aromatic heterocycles. The van der Waals surface area contributed by atoms with Crippen LogP contribution in [0.1, 0.15) is 13.3 Å².